The molecule has 0 aliphatic carbocycles. The second-order valence-corrected chi connectivity index (χ2v) is 9.44. The highest BCUT2D eigenvalue weighted by Gasteiger charge is 2.23. The summed E-state index contributed by atoms with van der Waals surface area (Å²) in [5, 5.41) is 1.10. The van der Waals surface area contributed by atoms with Crippen LogP contribution in [0.15, 0.2) is 30.5 Å². The van der Waals surface area contributed by atoms with Crippen LogP contribution < -0.4 is 4.90 Å². The van der Waals surface area contributed by atoms with Crippen molar-refractivity contribution in [2.24, 2.45) is 0 Å². The van der Waals surface area contributed by atoms with Gasteiger partial charge in [0.2, 0.25) is 11.9 Å². The minimum Gasteiger partial charge on any atom is -0.378 e. The molecule has 0 spiro atoms. The third-order valence-corrected chi connectivity index (χ3v) is 6.81. The van der Waals surface area contributed by atoms with Gasteiger partial charge in [-0.05, 0) is 39.1 Å². The van der Waals surface area contributed by atoms with Gasteiger partial charge in [-0.25, -0.2) is 4.98 Å². The summed E-state index contributed by atoms with van der Waals surface area (Å²) in [5.74, 6) is 2.96. The van der Waals surface area contributed by atoms with Gasteiger partial charge in [-0.2, -0.15) is 15.0 Å². The van der Waals surface area contributed by atoms with E-state index in [4.69, 9.17) is 24.7 Å². The second-order valence-electron chi connectivity index (χ2n) is 9.44. The smallest absolute Gasteiger partial charge is 0.240 e. The quantitative estimate of drug-likeness (QED) is 0.379. The Morgan fingerprint density at radius 1 is 1.03 bits per heavy atom. The number of fused-ring (bicyclic) bond motifs is 1. The predicted molar refractivity (Wildman–Crippen MR) is 143 cm³/mol. The molecule has 0 atom stereocenters. The van der Waals surface area contributed by atoms with E-state index in [1.54, 1.807) is 0 Å². The molecular weight excluding hydrogens is 452 g/mol. The summed E-state index contributed by atoms with van der Waals surface area (Å²) in [4.78, 5) is 27.8. The third kappa shape index (κ3) is 4.85. The molecule has 0 amide bonds. The molecule has 4 aromatic rings. The molecule has 0 saturated carbocycles. The van der Waals surface area contributed by atoms with E-state index < -0.39 is 0 Å². The molecule has 1 N–H and O–H groups in total. The first-order valence-corrected chi connectivity index (χ1v) is 13.0. The van der Waals surface area contributed by atoms with Crippen LogP contribution in [0.4, 0.5) is 5.95 Å². The van der Waals surface area contributed by atoms with Crippen molar-refractivity contribution in [3.8, 4) is 17.3 Å². The normalized spacial score (nSPS) is 14.3. The number of hydrogen-bond donors (Lipinski definition) is 1. The maximum Gasteiger partial charge on any atom is 0.240 e. The summed E-state index contributed by atoms with van der Waals surface area (Å²) in [6, 6.07) is 8.27. The molecule has 0 bridgehead atoms. The van der Waals surface area contributed by atoms with Crippen LogP contribution in [0.5, 0.6) is 0 Å². The highest BCUT2D eigenvalue weighted by Crippen LogP contribution is 2.28. The lowest BCUT2D eigenvalue weighted by Crippen LogP contribution is -2.37. The number of ether oxygens (including phenoxy) is 1. The topological polar surface area (TPSA) is 88.0 Å². The first-order chi connectivity index (χ1) is 17.6. The average molecular weight is 489 g/mol. The molecule has 0 unspecified atom stereocenters. The molecular formula is C27H36N8O. The fraction of sp³-hybridized carbons (Fsp3) is 0.481. The lowest BCUT2D eigenvalue weighted by Gasteiger charge is -2.27. The summed E-state index contributed by atoms with van der Waals surface area (Å²) < 4.78 is 7.75. The molecule has 9 heteroatoms. The van der Waals surface area contributed by atoms with Gasteiger partial charge in [-0.15, -0.1) is 0 Å². The van der Waals surface area contributed by atoms with E-state index in [9.17, 15) is 0 Å². The van der Waals surface area contributed by atoms with Gasteiger partial charge >= 0.3 is 0 Å². The van der Waals surface area contributed by atoms with Crippen LogP contribution in [0.2, 0.25) is 0 Å². The van der Waals surface area contributed by atoms with Crippen molar-refractivity contribution in [2.45, 2.75) is 46.6 Å². The first kappa shape index (κ1) is 24.4. The minimum absolute atomic E-state index is 0.630. The Labute approximate surface area is 212 Å². The molecule has 4 heterocycles. The molecule has 9 nitrogen and oxygen atoms in total. The van der Waals surface area contributed by atoms with Crippen LogP contribution in [-0.4, -0.2) is 74.3 Å². The Kier molecular flexibility index (Phi) is 7.29. The second kappa shape index (κ2) is 10.8. The fourth-order valence-electron chi connectivity index (χ4n) is 4.81. The largest absolute Gasteiger partial charge is 0.378 e. The Hall–Kier alpha value is -3.30. The standard InChI is InChI=1S/C27H36N8O/c1-5-7-13-33(4)18-23-19(3)29-24(6-2)35(23)27-31-25(21-9-8-10-22-20(21)11-12-28-22)30-26(32-27)34-14-16-36-17-15-34/h8-12,28H,5-7,13-18H2,1-4H3. The van der Waals surface area contributed by atoms with Gasteiger partial charge in [0.25, 0.3) is 0 Å². The van der Waals surface area contributed by atoms with Crippen molar-refractivity contribution >= 4 is 16.9 Å². The van der Waals surface area contributed by atoms with E-state index >= 15 is 0 Å². The third-order valence-electron chi connectivity index (χ3n) is 6.81. The van der Waals surface area contributed by atoms with Crippen molar-refractivity contribution in [1.29, 1.82) is 0 Å². The van der Waals surface area contributed by atoms with E-state index in [0.29, 0.717) is 30.9 Å². The number of anilines is 1. The zero-order chi connectivity index (χ0) is 25.1. The molecule has 1 fully saturated rings. The van der Waals surface area contributed by atoms with Crippen molar-refractivity contribution < 1.29 is 4.74 Å². The molecule has 1 aliphatic rings. The van der Waals surface area contributed by atoms with Crippen molar-refractivity contribution in [1.82, 2.24) is 34.4 Å². The SMILES string of the molecule is CCCCN(C)Cc1c(C)nc(CC)n1-c1nc(-c2cccc3[nH]ccc23)nc(N2CCOCC2)n1. The predicted octanol–water partition coefficient (Wildman–Crippen LogP) is 4.14. The van der Waals surface area contributed by atoms with E-state index in [0.717, 1.165) is 66.3 Å². The van der Waals surface area contributed by atoms with E-state index in [2.05, 4.69) is 65.4 Å². The number of hydrogen-bond acceptors (Lipinski definition) is 7. The van der Waals surface area contributed by atoms with E-state index in [-0.39, 0.29) is 0 Å². The van der Waals surface area contributed by atoms with E-state index in [1.165, 1.54) is 12.8 Å². The maximum absolute atomic E-state index is 5.60. The van der Waals surface area contributed by atoms with Gasteiger partial charge in [0, 0.05) is 48.7 Å². The lowest BCUT2D eigenvalue weighted by atomic mass is 10.1. The van der Waals surface area contributed by atoms with Gasteiger partial charge in [-0.1, -0.05) is 32.4 Å². The minimum atomic E-state index is 0.630. The number of unbranched alkanes of at least 4 members (excludes halogenated alkanes) is 1. The molecule has 1 aromatic carbocycles. The van der Waals surface area contributed by atoms with Crippen LogP contribution in [0.1, 0.15) is 43.9 Å². The highest BCUT2D eigenvalue weighted by molar-refractivity contribution is 5.93. The fourth-order valence-corrected chi connectivity index (χ4v) is 4.81. The van der Waals surface area contributed by atoms with E-state index in [1.807, 2.05) is 12.3 Å². The number of aromatic amines is 1. The van der Waals surface area contributed by atoms with Crippen molar-refractivity contribution in [2.75, 3.05) is 44.8 Å². The summed E-state index contributed by atoms with van der Waals surface area (Å²) in [6.07, 6.45) is 5.09. The number of benzene rings is 1. The van der Waals surface area contributed by atoms with Gasteiger partial charge < -0.3 is 19.5 Å². The number of H-pyrrole nitrogens is 1. The molecule has 1 saturated heterocycles. The number of morpholine rings is 1. The van der Waals surface area contributed by atoms with Gasteiger partial charge in [0.05, 0.1) is 24.6 Å². The molecule has 1 aliphatic heterocycles. The summed E-state index contributed by atoms with van der Waals surface area (Å²) in [5.41, 5.74) is 4.21. The summed E-state index contributed by atoms with van der Waals surface area (Å²) >= 11 is 0. The van der Waals surface area contributed by atoms with Crippen LogP contribution in [0.25, 0.3) is 28.2 Å². The zero-order valence-corrected chi connectivity index (χ0v) is 21.8. The number of nitrogens with one attached hydrogen (secondary N) is 1. The monoisotopic (exact) mass is 488 g/mol. The number of rotatable bonds is 9. The average Bonchev–Trinajstić information content (AvgIpc) is 3.52. The van der Waals surface area contributed by atoms with Gasteiger partial charge in [-0.3, -0.25) is 4.57 Å². The number of imidazole rings is 1. The van der Waals surface area contributed by atoms with Crippen molar-refractivity contribution in [3.63, 3.8) is 0 Å². The lowest BCUT2D eigenvalue weighted by molar-refractivity contribution is 0.122. The van der Waals surface area contributed by atoms with Gasteiger partial charge in [0.1, 0.15) is 5.82 Å². The Balaban J connectivity index is 1.66. The molecule has 36 heavy (non-hydrogen) atoms. The van der Waals surface area contributed by atoms with Crippen LogP contribution >= 0.6 is 0 Å². The number of nitrogens with zero attached hydrogens (tertiary/aromatic N) is 7. The zero-order valence-electron chi connectivity index (χ0n) is 21.8. The Bertz CT molecular complexity index is 1320. The Morgan fingerprint density at radius 2 is 1.83 bits per heavy atom. The van der Waals surface area contributed by atoms with Crippen LogP contribution in [0.3, 0.4) is 0 Å². The number of aromatic nitrogens is 6. The number of aryl methyl sites for hydroxylation is 2. The van der Waals surface area contributed by atoms with Crippen molar-refractivity contribution in [3.05, 3.63) is 47.7 Å². The summed E-state index contributed by atoms with van der Waals surface area (Å²) in [6.45, 7) is 11.1. The molecule has 190 valence electrons. The molecule has 0 radical (unpaired) electrons. The molecule has 5 rings (SSSR count). The highest BCUT2D eigenvalue weighted by atomic mass is 16.5. The Morgan fingerprint density at radius 3 is 2.61 bits per heavy atom. The first-order valence-electron chi connectivity index (χ1n) is 13.0. The van der Waals surface area contributed by atoms with Gasteiger partial charge in [0.15, 0.2) is 5.82 Å². The van der Waals surface area contributed by atoms with Crippen LogP contribution in [0, 0.1) is 6.92 Å². The molecule has 3 aromatic heterocycles. The summed E-state index contributed by atoms with van der Waals surface area (Å²) in [7, 11) is 2.17. The van der Waals surface area contributed by atoms with Crippen LogP contribution in [-0.2, 0) is 17.7 Å². The maximum atomic E-state index is 5.60.